The van der Waals surface area contributed by atoms with E-state index >= 15 is 0 Å². The summed E-state index contributed by atoms with van der Waals surface area (Å²) < 4.78 is 17.4. The van der Waals surface area contributed by atoms with Crippen LogP contribution >= 0.6 is 0 Å². The molecule has 0 aliphatic carbocycles. The fraction of sp³-hybridized carbons (Fsp3) is 0.318. The highest BCUT2D eigenvalue weighted by Crippen LogP contribution is 2.21. The molecular formula is C22H24O4. The summed E-state index contributed by atoms with van der Waals surface area (Å²) >= 11 is 0. The zero-order valence-corrected chi connectivity index (χ0v) is 15.0. The van der Waals surface area contributed by atoms with E-state index in [0.29, 0.717) is 18.8 Å². The Bertz CT molecular complexity index is 726. The molecule has 4 heteroatoms. The standard InChI is InChI=1S/C22H24O4/c1-22(17-25-21(23)19-11-6-3-7-12-19)14-8-13-20(16-26-22)24-15-18-9-4-2-5-10-18/h2-12,14,20H,13,15-17H2,1H3. The Morgan fingerprint density at radius 1 is 1.12 bits per heavy atom. The van der Waals surface area contributed by atoms with Crippen LogP contribution in [0.3, 0.4) is 0 Å². The van der Waals surface area contributed by atoms with Crippen LogP contribution in [0.4, 0.5) is 0 Å². The van der Waals surface area contributed by atoms with Gasteiger partial charge in [0.05, 0.1) is 24.9 Å². The number of carbonyl (C=O) groups is 1. The fourth-order valence-corrected chi connectivity index (χ4v) is 2.73. The van der Waals surface area contributed by atoms with Gasteiger partial charge in [0.25, 0.3) is 0 Å². The van der Waals surface area contributed by atoms with Crippen LogP contribution < -0.4 is 0 Å². The zero-order chi connectivity index (χ0) is 18.2. The SMILES string of the molecule is CC1(COC(=O)c2ccccc2)C=CCC(OCc2ccccc2)CO1. The minimum atomic E-state index is -0.644. The average molecular weight is 352 g/mol. The van der Waals surface area contributed by atoms with E-state index in [9.17, 15) is 4.79 Å². The van der Waals surface area contributed by atoms with Crippen LogP contribution in [0.25, 0.3) is 0 Å². The van der Waals surface area contributed by atoms with Crippen LogP contribution in [0.2, 0.25) is 0 Å². The van der Waals surface area contributed by atoms with Crippen LogP contribution in [0.5, 0.6) is 0 Å². The van der Waals surface area contributed by atoms with Crippen molar-refractivity contribution in [3.63, 3.8) is 0 Å². The van der Waals surface area contributed by atoms with Gasteiger partial charge in [0.1, 0.15) is 12.2 Å². The van der Waals surface area contributed by atoms with E-state index < -0.39 is 5.60 Å². The molecule has 26 heavy (non-hydrogen) atoms. The van der Waals surface area contributed by atoms with Crippen molar-refractivity contribution in [2.75, 3.05) is 13.2 Å². The van der Waals surface area contributed by atoms with Crippen LogP contribution in [-0.4, -0.2) is 30.9 Å². The molecule has 0 saturated carbocycles. The second-order valence-electron chi connectivity index (χ2n) is 6.62. The first-order valence-electron chi connectivity index (χ1n) is 8.84. The van der Waals surface area contributed by atoms with Gasteiger partial charge < -0.3 is 14.2 Å². The van der Waals surface area contributed by atoms with E-state index in [2.05, 4.69) is 0 Å². The van der Waals surface area contributed by atoms with Crippen molar-refractivity contribution in [3.05, 3.63) is 83.9 Å². The molecule has 0 N–H and O–H groups in total. The van der Waals surface area contributed by atoms with E-state index in [0.717, 1.165) is 12.0 Å². The quantitative estimate of drug-likeness (QED) is 0.578. The van der Waals surface area contributed by atoms with Crippen molar-refractivity contribution in [2.24, 2.45) is 0 Å². The highest BCUT2D eigenvalue weighted by Gasteiger charge is 2.28. The van der Waals surface area contributed by atoms with Crippen molar-refractivity contribution in [2.45, 2.75) is 31.7 Å². The molecule has 4 nitrogen and oxygen atoms in total. The van der Waals surface area contributed by atoms with Crippen molar-refractivity contribution in [3.8, 4) is 0 Å². The Balaban J connectivity index is 1.48. The van der Waals surface area contributed by atoms with E-state index in [1.807, 2.05) is 67.6 Å². The smallest absolute Gasteiger partial charge is 0.338 e. The molecule has 0 bridgehead atoms. The summed E-state index contributed by atoms with van der Waals surface area (Å²) in [6, 6.07) is 19.0. The number of benzene rings is 2. The first-order valence-corrected chi connectivity index (χ1v) is 8.84. The van der Waals surface area contributed by atoms with E-state index in [1.165, 1.54) is 0 Å². The third kappa shape index (κ3) is 5.28. The van der Waals surface area contributed by atoms with E-state index in [4.69, 9.17) is 14.2 Å². The van der Waals surface area contributed by atoms with Crippen LogP contribution in [0, 0.1) is 0 Å². The van der Waals surface area contributed by atoms with Crippen molar-refractivity contribution < 1.29 is 19.0 Å². The monoisotopic (exact) mass is 352 g/mol. The predicted octanol–water partition coefficient (Wildman–Crippen LogP) is 4.16. The molecular weight excluding hydrogens is 328 g/mol. The van der Waals surface area contributed by atoms with E-state index in [1.54, 1.807) is 12.1 Å². The van der Waals surface area contributed by atoms with Crippen molar-refractivity contribution in [1.29, 1.82) is 0 Å². The molecule has 1 aliphatic rings. The molecule has 136 valence electrons. The third-order valence-electron chi connectivity index (χ3n) is 4.30. The molecule has 0 aromatic heterocycles. The van der Waals surface area contributed by atoms with Crippen LogP contribution in [0.1, 0.15) is 29.3 Å². The second-order valence-corrected chi connectivity index (χ2v) is 6.62. The summed E-state index contributed by atoms with van der Waals surface area (Å²) in [6.07, 6.45) is 4.75. The summed E-state index contributed by atoms with van der Waals surface area (Å²) in [7, 11) is 0. The molecule has 1 aliphatic heterocycles. The lowest BCUT2D eigenvalue weighted by Gasteiger charge is -2.26. The Morgan fingerprint density at radius 3 is 2.54 bits per heavy atom. The number of ether oxygens (including phenoxy) is 3. The summed E-state index contributed by atoms with van der Waals surface area (Å²) in [4.78, 5) is 12.1. The van der Waals surface area contributed by atoms with Crippen LogP contribution in [-0.2, 0) is 20.8 Å². The Labute approximate surface area is 154 Å². The number of hydrogen-bond acceptors (Lipinski definition) is 4. The van der Waals surface area contributed by atoms with Gasteiger partial charge in [0, 0.05) is 0 Å². The maximum absolute atomic E-state index is 12.1. The lowest BCUT2D eigenvalue weighted by molar-refractivity contribution is -0.0859. The maximum atomic E-state index is 12.1. The summed E-state index contributed by atoms with van der Waals surface area (Å²) in [5, 5.41) is 0. The molecule has 3 rings (SSSR count). The Kier molecular flexibility index (Phi) is 6.21. The van der Waals surface area contributed by atoms with Gasteiger partial charge in [-0.25, -0.2) is 4.79 Å². The number of esters is 1. The summed E-state index contributed by atoms with van der Waals surface area (Å²) in [5.41, 5.74) is 1.04. The van der Waals surface area contributed by atoms with Gasteiger partial charge in [-0.2, -0.15) is 0 Å². The first-order chi connectivity index (χ1) is 12.6. The van der Waals surface area contributed by atoms with Crippen molar-refractivity contribution >= 4 is 5.97 Å². The molecule has 0 saturated heterocycles. The normalized spacial score (nSPS) is 22.6. The molecule has 2 aromatic carbocycles. The van der Waals surface area contributed by atoms with Gasteiger partial charge in [0.15, 0.2) is 0 Å². The molecule has 2 aromatic rings. The van der Waals surface area contributed by atoms with Gasteiger partial charge in [-0.05, 0) is 31.0 Å². The molecule has 1 heterocycles. The number of carbonyl (C=O) groups excluding carboxylic acids is 1. The first kappa shape index (κ1) is 18.4. The summed E-state index contributed by atoms with van der Waals surface area (Å²) in [5.74, 6) is -0.343. The molecule has 0 spiro atoms. The molecule has 0 amide bonds. The zero-order valence-electron chi connectivity index (χ0n) is 15.0. The predicted molar refractivity (Wildman–Crippen MR) is 99.9 cm³/mol. The lowest BCUT2D eigenvalue weighted by atomic mass is 10.1. The van der Waals surface area contributed by atoms with Crippen LogP contribution in [0.15, 0.2) is 72.8 Å². The lowest BCUT2D eigenvalue weighted by Crippen LogP contribution is -2.35. The highest BCUT2D eigenvalue weighted by atomic mass is 16.6. The molecule has 2 unspecified atom stereocenters. The third-order valence-corrected chi connectivity index (χ3v) is 4.30. The Morgan fingerprint density at radius 2 is 1.81 bits per heavy atom. The minimum absolute atomic E-state index is 0.0156. The number of hydrogen-bond donors (Lipinski definition) is 0. The summed E-state index contributed by atoms with van der Waals surface area (Å²) in [6.45, 7) is 3.10. The minimum Gasteiger partial charge on any atom is -0.459 e. The van der Waals surface area contributed by atoms with Gasteiger partial charge >= 0.3 is 5.97 Å². The topological polar surface area (TPSA) is 44.8 Å². The second kappa shape index (κ2) is 8.79. The van der Waals surface area contributed by atoms with Gasteiger partial charge in [-0.15, -0.1) is 0 Å². The van der Waals surface area contributed by atoms with Gasteiger partial charge in [-0.3, -0.25) is 0 Å². The molecule has 0 fully saturated rings. The highest BCUT2D eigenvalue weighted by molar-refractivity contribution is 5.89. The fourth-order valence-electron chi connectivity index (χ4n) is 2.73. The Hall–Kier alpha value is -2.43. The average Bonchev–Trinajstić information content (AvgIpc) is 2.88. The molecule has 0 radical (unpaired) electrons. The largest absolute Gasteiger partial charge is 0.459 e. The van der Waals surface area contributed by atoms with Gasteiger partial charge in [-0.1, -0.05) is 60.7 Å². The van der Waals surface area contributed by atoms with Crippen molar-refractivity contribution in [1.82, 2.24) is 0 Å². The molecule has 2 atom stereocenters. The maximum Gasteiger partial charge on any atom is 0.338 e. The van der Waals surface area contributed by atoms with E-state index in [-0.39, 0.29) is 18.7 Å². The van der Waals surface area contributed by atoms with Gasteiger partial charge in [0.2, 0.25) is 0 Å². The number of rotatable bonds is 6.